The molecule has 6 rings (SSSR count). The van der Waals surface area contributed by atoms with Crippen LogP contribution in [0.4, 0.5) is 16.4 Å². The van der Waals surface area contributed by atoms with E-state index in [0.29, 0.717) is 13.1 Å². The number of benzene rings is 2. The maximum absolute atomic E-state index is 12.2. The number of aryl methyl sites for hydroxylation is 1. The lowest BCUT2D eigenvalue weighted by molar-refractivity contribution is 0.0363. The third-order valence-corrected chi connectivity index (χ3v) is 8.72. The third-order valence-electron chi connectivity index (χ3n) is 8.72. The number of hydrogen-bond acceptors (Lipinski definition) is 5. The van der Waals surface area contributed by atoms with E-state index in [2.05, 4.69) is 80.2 Å². The maximum Gasteiger partial charge on any atom is 0.407 e. The van der Waals surface area contributed by atoms with Crippen LogP contribution in [0.5, 0.6) is 0 Å². The summed E-state index contributed by atoms with van der Waals surface area (Å²) in [6.45, 7) is 11.8. The van der Waals surface area contributed by atoms with Crippen LogP contribution >= 0.6 is 0 Å². The Bertz CT molecular complexity index is 1540. The van der Waals surface area contributed by atoms with Crippen molar-refractivity contribution >= 4 is 28.6 Å². The summed E-state index contributed by atoms with van der Waals surface area (Å²) < 4.78 is 2.00. The van der Waals surface area contributed by atoms with Crippen molar-refractivity contribution in [3.8, 4) is 5.69 Å². The van der Waals surface area contributed by atoms with Crippen molar-refractivity contribution in [3.63, 3.8) is 0 Å². The first-order valence-electron chi connectivity index (χ1n) is 13.6. The van der Waals surface area contributed by atoms with Gasteiger partial charge >= 0.3 is 6.09 Å². The molecule has 0 saturated carbocycles. The van der Waals surface area contributed by atoms with Crippen molar-refractivity contribution in [1.29, 1.82) is 0 Å². The first kappa shape index (κ1) is 25.2. The predicted octanol–water partition coefficient (Wildman–Crippen LogP) is 6.26. The molecule has 2 saturated heterocycles. The summed E-state index contributed by atoms with van der Waals surface area (Å²) in [5.41, 5.74) is 3.65. The van der Waals surface area contributed by atoms with Crippen LogP contribution in [0.3, 0.4) is 0 Å². The molecular weight excluding hydrogens is 488 g/mol. The molecule has 39 heavy (non-hydrogen) atoms. The van der Waals surface area contributed by atoms with E-state index in [9.17, 15) is 9.90 Å². The Kier molecular flexibility index (Phi) is 5.82. The Hall–Kier alpha value is -4.07. The molecule has 2 aliphatic heterocycles. The molecule has 2 aromatic carbocycles. The fraction of sp³-hybridized carbons (Fsp3) is 0.387. The quantitative estimate of drug-likeness (QED) is 0.321. The Morgan fingerprint density at radius 3 is 2.62 bits per heavy atom. The summed E-state index contributed by atoms with van der Waals surface area (Å²) in [4.78, 5) is 20.8. The minimum absolute atomic E-state index is 0.0922. The van der Waals surface area contributed by atoms with Gasteiger partial charge in [0.05, 0.1) is 22.8 Å². The van der Waals surface area contributed by atoms with Gasteiger partial charge in [0.1, 0.15) is 5.82 Å². The molecule has 0 unspecified atom stereocenters. The van der Waals surface area contributed by atoms with Crippen LogP contribution in [-0.4, -0.2) is 55.5 Å². The molecule has 0 radical (unpaired) electrons. The van der Waals surface area contributed by atoms with E-state index in [1.807, 2.05) is 41.2 Å². The molecule has 8 nitrogen and oxygen atoms in total. The number of anilines is 2. The smallest absolute Gasteiger partial charge is 0.407 e. The number of pyridine rings is 1. The van der Waals surface area contributed by atoms with Crippen LogP contribution in [0.1, 0.15) is 51.3 Å². The summed E-state index contributed by atoms with van der Waals surface area (Å²) >= 11 is 0. The average molecular weight is 525 g/mol. The molecule has 2 bridgehead atoms. The topological polar surface area (TPSA) is 86.5 Å². The number of amides is 1. The van der Waals surface area contributed by atoms with Crippen LogP contribution in [-0.2, 0) is 0 Å². The second kappa shape index (κ2) is 9.00. The first-order chi connectivity index (χ1) is 18.6. The minimum atomic E-state index is -0.834. The minimum Gasteiger partial charge on any atom is -0.465 e. The highest BCUT2D eigenvalue weighted by Crippen LogP contribution is 2.52. The zero-order valence-electron chi connectivity index (χ0n) is 23.2. The standard InChI is InChI=1S/C31H36N6O2/c1-20-11-12-25-26(15-20)37(23-13-14-32-27(16-23)33-21(2)22-9-7-6-8-10-22)34-28(25)35-19-31(30(3,4)5)17-24(35)18-36(31)29(38)39/h6-16,21,24H,17-19H2,1-5H3,(H,32,33)(H,38,39)/t21-,24+,31-/m1/s1. The summed E-state index contributed by atoms with van der Waals surface area (Å²) in [7, 11) is 0. The molecule has 202 valence electrons. The van der Waals surface area contributed by atoms with Crippen molar-refractivity contribution in [2.45, 2.75) is 58.7 Å². The van der Waals surface area contributed by atoms with Crippen molar-refractivity contribution in [3.05, 3.63) is 78.0 Å². The summed E-state index contributed by atoms with van der Waals surface area (Å²) in [6.07, 6.45) is 1.79. The van der Waals surface area contributed by atoms with Crippen LogP contribution in [0.2, 0.25) is 0 Å². The van der Waals surface area contributed by atoms with Gasteiger partial charge in [-0.15, -0.1) is 5.10 Å². The van der Waals surface area contributed by atoms with Crippen molar-refractivity contribution in [1.82, 2.24) is 19.7 Å². The lowest BCUT2D eigenvalue weighted by atomic mass is 9.73. The van der Waals surface area contributed by atoms with E-state index >= 15 is 0 Å². The lowest BCUT2D eigenvalue weighted by Gasteiger charge is -2.48. The number of fused-ring (bicyclic) bond motifs is 3. The molecule has 0 aliphatic carbocycles. The van der Waals surface area contributed by atoms with Gasteiger partial charge in [0.25, 0.3) is 0 Å². The highest BCUT2D eigenvalue weighted by atomic mass is 16.4. The van der Waals surface area contributed by atoms with Gasteiger partial charge in [-0.05, 0) is 55.0 Å². The second-order valence-electron chi connectivity index (χ2n) is 12.1. The molecule has 1 amide bonds. The van der Waals surface area contributed by atoms with E-state index in [4.69, 9.17) is 5.10 Å². The fourth-order valence-corrected chi connectivity index (χ4v) is 6.47. The maximum atomic E-state index is 12.2. The molecule has 0 spiro atoms. The van der Waals surface area contributed by atoms with Gasteiger partial charge in [-0.25, -0.2) is 14.5 Å². The Morgan fingerprint density at radius 1 is 1.13 bits per heavy atom. The van der Waals surface area contributed by atoms with E-state index < -0.39 is 11.6 Å². The molecular formula is C31H36N6O2. The number of nitrogens with zero attached hydrogens (tertiary/aromatic N) is 5. The predicted molar refractivity (Wildman–Crippen MR) is 155 cm³/mol. The van der Waals surface area contributed by atoms with E-state index in [1.54, 1.807) is 4.90 Å². The highest BCUT2D eigenvalue weighted by molar-refractivity contribution is 5.93. The van der Waals surface area contributed by atoms with Crippen LogP contribution in [0.25, 0.3) is 16.6 Å². The van der Waals surface area contributed by atoms with Crippen molar-refractivity contribution < 1.29 is 9.90 Å². The van der Waals surface area contributed by atoms with Gasteiger partial charge in [0, 0.05) is 36.8 Å². The van der Waals surface area contributed by atoms with E-state index in [1.165, 1.54) is 5.56 Å². The van der Waals surface area contributed by atoms with Gasteiger partial charge in [0.15, 0.2) is 5.82 Å². The number of carbonyl (C=O) groups is 1. The second-order valence-corrected chi connectivity index (χ2v) is 12.1. The Labute approximate surface area is 229 Å². The molecule has 2 fully saturated rings. The Balaban J connectivity index is 1.39. The molecule has 2 aromatic heterocycles. The van der Waals surface area contributed by atoms with E-state index in [-0.39, 0.29) is 17.5 Å². The molecule has 3 atom stereocenters. The van der Waals surface area contributed by atoms with Gasteiger partial charge in [0.2, 0.25) is 0 Å². The average Bonchev–Trinajstić information content (AvgIpc) is 3.59. The number of rotatable bonds is 5. The van der Waals surface area contributed by atoms with Gasteiger partial charge in [-0.2, -0.15) is 0 Å². The lowest BCUT2D eigenvalue weighted by Crippen LogP contribution is -2.61. The molecule has 2 aliphatic rings. The number of piperazine rings is 1. The van der Waals surface area contributed by atoms with Crippen LogP contribution in [0.15, 0.2) is 66.9 Å². The van der Waals surface area contributed by atoms with Gasteiger partial charge < -0.3 is 15.3 Å². The molecule has 2 N–H and O–H groups in total. The summed E-state index contributed by atoms with van der Waals surface area (Å²) in [5.74, 6) is 1.70. The highest BCUT2D eigenvalue weighted by Gasteiger charge is 2.62. The van der Waals surface area contributed by atoms with Crippen molar-refractivity contribution in [2.24, 2.45) is 5.41 Å². The first-order valence-corrected chi connectivity index (χ1v) is 13.6. The summed E-state index contributed by atoms with van der Waals surface area (Å²) in [6, 6.07) is 21.0. The summed E-state index contributed by atoms with van der Waals surface area (Å²) in [5, 5.41) is 19.8. The fourth-order valence-electron chi connectivity index (χ4n) is 6.47. The number of carboxylic acid groups (broad SMARTS) is 1. The third kappa shape index (κ3) is 4.09. The van der Waals surface area contributed by atoms with E-state index in [0.717, 1.165) is 40.2 Å². The van der Waals surface area contributed by atoms with Gasteiger partial charge in [-0.1, -0.05) is 57.2 Å². The van der Waals surface area contributed by atoms with Gasteiger partial charge in [-0.3, -0.25) is 4.90 Å². The van der Waals surface area contributed by atoms with Crippen LogP contribution in [0, 0.1) is 12.3 Å². The molecule has 8 heteroatoms. The monoisotopic (exact) mass is 524 g/mol. The zero-order valence-corrected chi connectivity index (χ0v) is 23.2. The molecule has 4 aromatic rings. The molecule has 4 heterocycles. The number of nitrogens with one attached hydrogen (secondary N) is 1. The normalized spacial score (nSPS) is 21.5. The zero-order chi connectivity index (χ0) is 27.5. The number of hydrogen-bond donors (Lipinski definition) is 2. The number of likely N-dealkylation sites (tertiary alicyclic amines) is 1. The Morgan fingerprint density at radius 2 is 1.90 bits per heavy atom. The van der Waals surface area contributed by atoms with Crippen LogP contribution < -0.4 is 10.2 Å². The van der Waals surface area contributed by atoms with Crippen molar-refractivity contribution in [2.75, 3.05) is 23.3 Å². The largest absolute Gasteiger partial charge is 0.465 e. The SMILES string of the molecule is Cc1ccc2c(N3C[C@@]4(C(C)(C)C)C[C@H]3CN4C(=O)O)nn(-c3ccnc(N[C@H](C)c4ccccc4)c3)c2c1. The number of aromatic nitrogens is 3.